The second-order valence-corrected chi connectivity index (χ2v) is 6.26. The van der Waals surface area contributed by atoms with Crippen molar-refractivity contribution in [1.29, 1.82) is 0 Å². The molecule has 0 saturated heterocycles. The minimum Gasteiger partial charge on any atom is -0.362 e. The van der Waals surface area contributed by atoms with Gasteiger partial charge in [0.2, 0.25) is 0 Å². The van der Waals surface area contributed by atoms with E-state index in [9.17, 15) is 0 Å². The Morgan fingerprint density at radius 1 is 1.30 bits per heavy atom. The van der Waals surface area contributed by atoms with Gasteiger partial charge >= 0.3 is 0 Å². The number of thiocarbonyl (C=S) groups is 1. The third-order valence-corrected chi connectivity index (χ3v) is 4.47. The molecule has 0 bridgehead atoms. The van der Waals surface area contributed by atoms with Gasteiger partial charge in [-0.1, -0.05) is 26.7 Å². The molecule has 2 aromatic rings. The van der Waals surface area contributed by atoms with Gasteiger partial charge in [-0.2, -0.15) is 0 Å². The monoisotopic (exact) mass is 307 g/mol. The molecule has 1 aromatic heterocycles. The molecule has 2 rings (SSSR count). The van der Waals surface area contributed by atoms with Crippen molar-refractivity contribution in [2.45, 2.75) is 39.5 Å². The molecule has 20 heavy (non-hydrogen) atoms. The molecule has 0 amide bonds. The molecule has 0 saturated carbocycles. The number of aromatic nitrogens is 1. The number of rotatable bonds is 6. The first kappa shape index (κ1) is 15.2. The largest absolute Gasteiger partial charge is 0.362 e. The molecule has 1 aromatic carbocycles. The number of thiazole rings is 1. The summed E-state index contributed by atoms with van der Waals surface area (Å²) in [4.78, 5) is 4.56. The van der Waals surface area contributed by atoms with Crippen molar-refractivity contribution < 1.29 is 0 Å². The van der Waals surface area contributed by atoms with E-state index in [1.165, 1.54) is 22.5 Å². The van der Waals surface area contributed by atoms with E-state index in [2.05, 4.69) is 35.5 Å². The molecule has 2 N–H and O–H groups in total. The Morgan fingerprint density at radius 3 is 2.90 bits per heavy atom. The van der Waals surface area contributed by atoms with E-state index in [1.54, 1.807) is 11.3 Å². The number of nitrogens with one attached hydrogen (secondary N) is 2. The van der Waals surface area contributed by atoms with Gasteiger partial charge in [0.05, 0.1) is 15.2 Å². The lowest BCUT2D eigenvalue weighted by molar-refractivity contribution is 0.698. The number of unbranched alkanes of at least 4 members (excludes halogenated alkanes) is 2. The van der Waals surface area contributed by atoms with Crippen LogP contribution in [0.25, 0.3) is 10.2 Å². The Balaban J connectivity index is 1.93. The minimum atomic E-state index is 0.695. The predicted octanol–water partition coefficient (Wildman–Crippen LogP) is 4.34. The van der Waals surface area contributed by atoms with Crippen LogP contribution in [-0.2, 0) is 6.42 Å². The summed E-state index contributed by atoms with van der Waals surface area (Å²) in [5, 5.41) is 8.35. The van der Waals surface area contributed by atoms with E-state index >= 15 is 0 Å². The molecule has 3 nitrogen and oxygen atoms in total. The predicted molar refractivity (Wildman–Crippen MR) is 92.7 cm³/mol. The van der Waals surface area contributed by atoms with E-state index < -0.39 is 0 Å². The third kappa shape index (κ3) is 4.15. The average Bonchev–Trinajstić information content (AvgIpc) is 2.86. The Kier molecular flexibility index (Phi) is 5.73. The summed E-state index contributed by atoms with van der Waals surface area (Å²) in [6.07, 6.45) is 4.61. The topological polar surface area (TPSA) is 37.0 Å². The molecular weight excluding hydrogens is 286 g/mol. The maximum atomic E-state index is 5.30. The second kappa shape index (κ2) is 7.55. The van der Waals surface area contributed by atoms with E-state index in [4.69, 9.17) is 12.2 Å². The van der Waals surface area contributed by atoms with Crippen LogP contribution in [0.5, 0.6) is 0 Å². The number of hydrogen-bond donors (Lipinski definition) is 2. The van der Waals surface area contributed by atoms with E-state index in [1.807, 2.05) is 12.1 Å². The van der Waals surface area contributed by atoms with Crippen LogP contribution in [0.15, 0.2) is 18.2 Å². The van der Waals surface area contributed by atoms with Crippen molar-refractivity contribution >= 4 is 44.6 Å². The molecule has 1 heterocycles. The van der Waals surface area contributed by atoms with Crippen molar-refractivity contribution in [2.24, 2.45) is 0 Å². The second-order valence-electron chi connectivity index (χ2n) is 4.73. The summed E-state index contributed by atoms with van der Waals surface area (Å²) >= 11 is 7.05. The van der Waals surface area contributed by atoms with Crippen LogP contribution in [0.2, 0.25) is 0 Å². The smallest absolute Gasteiger partial charge is 0.170 e. The first-order chi connectivity index (χ1) is 9.72. The number of hydrogen-bond acceptors (Lipinski definition) is 3. The molecule has 0 spiro atoms. The summed E-state index contributed by atoms with van der Waals surface area (Å²) in [6, 6.07) is 6.20. The molecule has 0 radical (unpaired) electrons. The summed E-state index contributed by atoms with van der Waals surface area (Å²) in [7, 11) is 0. The van der Waals surface area contributed by atoms with Crippen molar-refractivity contribution in [3.8, 4) is 0 Å². The van der Waals surface area contributed by atoms with Crippen LogP contribution in [0, 0.1) is 0 Å². The zero-order valence-corrected chi connectivity index (χ0v) is 13.7. The lowest BCUT2D eigenvalue weighted by Gasteiger charge is -2.10. The molecule has 0 fully saturated rings. The lowest BCUT2D eigenvalue weighted by atomic mass is 10.2. The molecule has 5 heteroatoms. The van der Waals surface area contributed by atoms with Crippen LogP contribution >= 0.6 is 23.6 Å². The number of fused-ring (bicyclic) bond motifs is 1. The van der Waals surface area contributed by atoms with Gasteiger partial charge < -0.3 is 10.6 Å². The third-order valence-electron chi connectivity index (χ3n) is 3.06. The highest BCUT2D eigenvalue weighted by atomic mass is 32.1. The normalized spacial score (nSPS) is 10.7. The Bertz CT molecular complexity index is 578. The zero-order valence-electron chi connectivity index (χ0n) is 12.0. The number of aryl methyl sites for hydroxylation is 1. The van der Waals surface area contributed by atoms with Gasteiger partial charge in [-0.15, -0.1) is 11.3 Å². The molecule has 108 valence electrons. The maximum absolute atomic E-state index is 5.30. The highest BCUT2D eigenvalue weighted by Gasteiger charge is 2.04. The van der Waals surface area contributed by atoms with E-state index in [0.29, 0.717) is 5.11 Å². The van der Waals surface area contributed by atoms with Crippen LogP contribution in [0.4, 0.5) is 5.69 Å². The summed E-state index contributed by atoms with van der Waals surface area (Å²) in [5.41, 5.74) is 2.09. The fourth-order valence-corrected chi connectivity index (χ4v) is 3.12. The van der Waals surface area contributed by atoms with Crippen molar-refractivity contribution in [3.05, 3.63) is 23.2 Å². The Labute approximate surface area is 129 Å². The number of nitrogens with zero attached hydrogens (tertiary/aromatic N) is 1. The minimum absolute atomic E-state index is 0.695. The average molecular weight is 307 g/mol. The van der Waals surface area contributed by atoms with Gasteiger partial charge in [-0.25, -0.2) is 4.98 Å². The standard InChI is InChI=1S/C15H21N3S2/c1-3-5-6-9-16-15(19)17-11-7-8-12-13(10-11)20-14(4-2)18-12/h7-8,10H,3-6,9H2,1-2H3,(H2,16,17,19). The van der Waals surface area contributed by atoms with Crippen LogP contribution in [-0.4, -0.2) is 16.6 Å². The first-order valence-electron chi connectivity index (χ1n) is 7.17. The van der Waals surface area contributed by atoms with E-state index in [0.717, 1.165) is 30.6 Å². The van der Waals surface area contributed by atoms with Gasteiger partial charge in [0.15, 0.2) is 5.11 Å². The van der Waals surface area contributed by atoms with Gasteiger partial charge in [0, 0.05) is 12.2 Å². The van der Waals surface area contributed by atoms with Crippen molar-refractivity contribution in [1.82, 2.24) is 10.3 Å². The maximum Gasteiger partial charge on any atom is 0.170 e. The SMILES string of the molecule is CCCCCNC(=S)Nc1ccc2nc(CC)sc2c1. The fourth-order valence-electron chi connectivity index (χ4n) is 1.95. The molecule has 0 aliphatic heterocycles. The molecular formula is C15H21N3S2. The van der Waals surface area contributed by atoms with Crippen LogP contribution in [0.1, 0.15) is 38.1 Å². The summed E-state index contributed by atoms with van der Waals surface area (Å²) < 4.78 is 1.21. The van der Waals surface area contributed by atoms with Crippen molar-refractivity contribution in [2.75, 3.05) is 11.9 Å². The van der Waals surface area contributed by atoms with Gasteiger partial charge in [0.1, 0.15) is 0 Å². The molecule has 0 atom stereocenters. The molecule has 0 aliphatic rings. The number of benzene rings is 1. The lowest BCUT2D eigenvalue weighted by Crippen LogP contribution is -2.29. The van der Waals surface area contributed by atoms with Crippen LogP contribution < -0.4 is 10.6 Å². The zero-order chi connectivity index (χ0) is 14.4. The molecule has 0 unspecified atom stereocenters. The van der Waals surface area contributed by atoms with Gasteiger partial charge in [0.25, 0.3) is 0 Å². The molecule has 0 aliphatic carbocycles. The first-order valence-corrected chi connectivity index (χ1v) is 8.39. The van der Waals surface area contributed by atoms with Gasteiger partial charge in [-0.05, 0) is 43.3 Å². The Morgan fingerprint density at radius 2 is 2.15 bits per heavy atom. The number of anilines is 1. The Hall–Kier alpha value is -1.20. The van der Waals surface area contributed by atoms with E-state index in [-0.39, 0.29) is 0 Å². The van der Waals surface area contributed by atoms with Crippen LogP contribution in [0.3, 0.4) is 0 Å². The fraction of sp³-hybridized carbons (Fsp3) is 0.467. The van der Waals surface area contributed by atoms with Gasteiger partial charge in [-0.3, -0.25) is 0 Å². The summed E-state index contributed by atoms with van der Waals surface area (Å²) in [6.45, 7) is 5.26. The highest BCUT2D eigenvalue weighted by molar-refractivity contribution is 7.80. The summed E-state index contributed by atoms with van der Waals surface area (Å²) in [5.74, 6) is 0. The highest BCUT2D eigenvalue weighted by Crippen LogP contribution is 2.25. The quantitative estimate of drug-likeness (QED) is 0.615. The van der Waals surface area contributed by atoms with Crippen molar-refractivity contribution in [3.63, 3.8) is 0 Å².